The molecular formula is C20H35N3O3S. The molecule has 0 aromatic carbocycles. The Morgan fingerprint density at radius 3 is 2.70 bits per heavy atom. The standard InChI is InChI=1S/C20H35N3O3S/c24-27(25)12-6-17(15-27)13-21-19(22-14-18-5-4-11-26-18)23-10-9-20(16-23)7-2-1-3-8-20/h17-18H,1-16H2,(H,21,22). The van der Waals surface area contributed by atoms with Crippen molar-refractivity contribution in [1.29, 1.82) is 0 Å². The summed E-state index contributed by atoms with van der Waals surface area (Å²) in [6.07, 6.45) is 11.4. The van der Waals surface area contributed by atoms with Crippen LogP contribution in [-0.2, 0) is 14.6 Å². The fraction of sp³-hybridized carbons (Fsp3) is 0.950. The molecule has 0 bridgehead atoms. The van der Waals surface area contributed by atoms with Crippen LogP contribution in [0.15, 0.2) is 4.99 Å². The van der Waals surface area contributed by atoms with Crippen LogP contribution in [-0.4, -0.2) is 69.7 Å². The molecule has 6 nitrogen and oxygen atoms in total. The van der Waals surface area contributed by atoms with Gasteiger partial charge >= 0.3 is 0 Å². The largest absolute Gasteiger partial charge is 0.376 e. The van der Waals surface area contributed by atoms with E-state index in [1.54, 1.807) is 0 Å². The first-order valence-corrected chi connectivity index (χ1v) is 12.7. The Morgan fingerprint density at radius 2 is 2.00 bits per heavy atom. The zero-order chi connectivity index (χ0) is 18.7. The van der Waals surface area contributed by atoms with Crippen molar-refractivity contribution in [1.82, 2.24) is 10.2 Å². The molecule has 1 N–H and O–H groups in total. The lowest BCUT2D eigenvalue weighted by Gasteiger charge is -2.34. The number of nitrogens with zero attached hydrogens (tertiary/aromatic N) is 2. The normalized spacial score (nSPS) is 33.0. The Bertz CT molecular complexity index is 637. The van der Waals surface area contributed by atoms with Gasteiger partial charge in [0.05, 0.1) is 17.6 Å². The Kier molecular flexibility index (Phi) is 5.97. The van der Waals surface area contributed by atoms with Crippen molar-refractivity contribution in [2.24, 2.45) is 16.3 Å². The van der Waals surface area contributed by atoms with Crippen molar-refractivity contribution in [2.75, 3.05) is 44.3 Å². The van der Waals surface area contributed by atoms with Crippen molar-refractivity contribution in [3.05, 3.63) is 0 Å². The maximum Gasteiger partial charge on any atom is 0.194 e. The van der Waals surface area contributed by atoms with E-state index in [0.29, 0.717) is 23.5 Å². The van der Waals surface area contributed by atoms with Crippen LogP contribution < -0.4 is 5.32 Å². The summed E-state index contributed by atoms with van der Waals surface area (Å²) in [5, 5.41) is 3.57. The first-order chi connectivity index (χ1) is 13.0. The first-order valence-electron chi connectivity index (χ1n) is 10.9. The van der Waals surface area contributed by atoms with Gasteiger partial charge in [-0.1, -0.05) is 19.3 Å². The van der Waals surface area contributed by atoms with Gasteiger partial charge in [0, 0.05) is 32.8 Å². The number of nitrogens with one attached hydrogen (secondary N) is 1. The third-order valence-electron chi connectivity index (χ3n) is 6.99. The number of hydrogen-bond donors (Lipinski definition) is 1. The third-order valence-corrected chi connectivity index (χ3v) is 8.83. The molecule has 1 saturated carbocycles. The molecule has 1 aliphatic carbocycles. The van der Waals surface area contributed by atoms with Crippen LogP contribution in [0.2, 0.25) is 0 Å². The fourth-order valence-corrected chi connectivity index (χ4v) is 7.18. The molecule has 4 fully saturated rings. The van der Waals surface area contributed by atoms with Gasteiger partial charge in [0.1, 0.15) is 0 Å². The molecule has 154 valence electrons. The molecular weight excluding hydrogens is 362 g/mol. The predicted octanol–water partition coefficient (Wildman–Crippen LogP) is 2.20. The van der Waals surface area contributed by atoms with Crippen LogP contribution in [0.3, 0.4) is 0 Å². The molecule has 27 heavy (non-hydrogen) atoms. The van der Waals surface area contributed by atoms with E-state index in [9.17, 15) is 8.42 Å². The number of hydrogen-bond acceptors (Lipinski definition) is 4. The van der Waals surface area contributed by atoms with Crippen LogP contribution in [0.4, 0.5) is 0 Å². The summed E-state index contributed by atoms with van der Waals surface area (Å²) in [7, 11) is -2.83. The van der Waals surface area contributed by atoms with Crippen LogP contribution in [0.25, 0.3) is 0 Å². The number of guanidine groups is 1. The highest BCUT2D eigenvalue weighted by molar-refractivity contribution is 7.91. The minimum atomic E-state index is -2.83. The van der Waals surface area contributed by atoms with Gasteiger partial charge in [0.15, 0.2) is 15.8 Å². The maximum absolute atomic E-state index is 11.8. The summed E-state index contributed by atoms with van der Waals surface area (Å²) < 4.78 is 29.3. The monoisotopic (exact) mass is 397 g/mol. The second-order valence-electron chi connectivity index (χ2n) is 9.18. The predicted molar refractivity (Wildman–Crippen MR) is 108 cm³/mol. The summed E-state index contributed by atoms with van der Waals surface area (Å²) in [6.45, 7) is 4.47. The number of likely N-dealkylation sites (tertiary alicyclic amines) is 1. The van der Waals surface area contributed by atoms with Gasteiger partial charge in [0.25, 0.3) is 0 Å². The molecule has 0 amide bonds. The maximum atomic E-state index is 11.8. The van der Waals surface area contributed by atoms with E-state index in [0.717, 1.165) is 51.5 Å². The smallest absolute Gasteiger partial charge is 0.194 e. The van der Waals surface area contributed by atoms with E-state index >= 15 is 0 Å². The average molecular weight is 398 g/mol. The van der Waals surface area contributed by atoms with Gasteiger partial charge in [-0.3, -0.25) is 4.99 Å². The van der Waals surface area contributed by atoms with E-state index < -0.39 is 9.84 Å². The minimum Gasteiger partial charge on any atom is -0.376 e. The number of sulfone groups is 1. The number of rotatable bonds is 4. The molecule has 3 saturated heterocycles. The van der Waals surface area contributed by atoms with Gasteiger partial charge < -0.3 is 15.0 Å². The quantitative estimate of drug-likeness (QED) is 0.582. The van der Waals surface area contributed by atoms with E-state index in [1.807, 2.05) is 0 Å². The van der Waals surface area contributed by atoms with E-state index in [-0.39, 0.29) is 12.0 Å². The number of aliphatic imine (C=N–C) groups is 1. The highest BCUT2D eigenvalue weighted by Crippen LogP contribution is 2.43. The van der Waals surface area contributed by atoms with Crippen LogP contribution >= 0.6 is 0 Å². The van der Waals surface area contributed by atoms with Gasteiger partial charge in [-0.05, 0) is 49.9 Å². The zero-order valence-corrected chi connectivity index (χ0v) is 17.3. The minimum absolute atomic E-state index is 0.181. The van der Waals surface area contributed by atoms with E-state index in [2.05, 4.69) is 10.2 Å². The summed E-state index contributed by atoms with van der Waals surface area (Å²) in [5.41, 5.74) is 0.487. The summed E-state index contributed by atoms with van der Waals surface area (Å²) in [5.74, 6) is 1.80. The zero-order valence-electron chi connectivity index (χ0n) is 16.5. The van der Waals surface area contributed by atoms with E-state index in [4.69, 9.17) is 9.73 Å². The molecule has 0 aromatic rings. The lowest BCUT2D eigenvalue weighted by molar-refractivity contribution is 0.113. The van der Waals surface area contributed by atoms with Crippen molar-refractivity contribution in [3.8, 4) is 0 Å². The summed E-state index contributed by atoms with van der Waals surface area (Å²) >= 11 is 0. The molecule has 0 aromatic heterocycles. The molecule has 2 atom stereocenters. The van der Waals surface area contributed by atoms with E-state index in [1.165, 1.54) is 38.5 Å². The van der Waals surface area contributed by atoms with Crippen LogP contribution in [0, 0.1) is 11.3 Å². The molecule has 7 heteroatoms. The number of ether oxygens (including phenoxy) is 1. The molecule has 1 spiro atoms. The van der Waals surface area contributed by atoms with Crippen molar-refractivity contribution in [3.63, 3.8) is 0 Å². The highest BCUT2D eigenvalue weighted by atomic mass is 32.2. The van der Waals surface area contributed by atoms with Crippen LogP contribution in [0.5, 0.6) is 0 Å². The van der Waals surface area contributed by atoms with Crippen LogP contribution in [0.1, 0.15) is 57.8 Å². The first kappa shape index (κ1) is 19.5. The molecule has 3 heterocycles. The van der Waals surface area contributed by atoms with Gasteiger partial charge in [-0.15, -0.1) is 0 Å². The SMILES string of the molecule is O=S1(=O)CCC(CN=C(NCC2CCCO2)N2CCC3(CCCCC3)C2)C1. The van der Waals surface area contributed by atoms with Crippen molar-refractivity contribution < 1.29 is 13.2 Å². The average Bonchev–Trinajstić information content (AvgIpc) is 3.37. The Morgan fingerprint density at radius 1 is 1.15 bits per heavy atom. The van der Waals surface area contributed by atoms with Gasteiger partial charge in [-0.25, -0.2) is 8.42 Å². The van der Waals surface area contributed by atoms with Crippen molar-refractivity contribution >= 4 is 15.8 Å². The molecule has 3 aliphatic heterocycles. The topological polar surface area (TPSA) is 71.0 Å². The second kappa shape index (κ2) is 8.27. The molecule has 0 radical (unpaired) electrons. The Labute approximate surface area is 164 Å². The lowest BCUT2D eigenvalue weighted by atomic mass is 9.73. The van der Waals surface area contributed by atoms with Gasteiger partial charge in [0.2, 0.25) is 0 Å². The summed E-state index contributed by atoms with van der Waals surface area (Å²) in [4.78, 5) is 7.34. The molecule has 4 rings (SSSR count). The van der Waals surface area contributed by atoms with Gasteiger partial charge in [-0.2, -0.15) is 0 Å². The lowest BCUT2D eigenvalue weighted by Crippen LogP contribution is -2.44. The third kappa shape index (κ3) is 4.97. The van der Waals surface area contributed by atoms with Crippen molar-refractivity contribution in [2.45, 2.75) is 63.9 Å². The Balaban J connectivity index is 1.40. The molecule has 4 aliphatic rings. The fourth-order valence-electron chi connectivity index (χ4n) is 5.34. The highest BCUT2D eigenvalue weighted by Gasteiger charge is 2.40. The second-order valence-corrected chi connectivity index (χ2v) is 11.4. The molecule has 2 unspecified atom stereocenters. The Hall–Kier alpha value is -0.820. The summed E-state index contributed by atoms with van der Waals surface area (Å²) in [6, 6.07) is 0.